The molecule has 0 fully saturated rings. The van der Waals surface area contributed by atoms with Crippen molar-refractivity contribution in [2.24, 2.45) is 0 Å². The predicted octanol–water partition coefficient (Wildman–Crippen LogP) is 3.24. The summed E-state index contributed by atoms with van der Waals surface area (Å²) in [6.07, 6.45) is 2.98. The Hall–Kier alpha value is -2.56. The molecule has 2 rings (SSSR count). The minimum Gasteiger partial charge on any atom is -0.469 e. The molecule has 5 nitrogen and oxygen atoms in total. The van der Waals surface area contributed by atoms with Crippen LogP contribution in [0.15, 0.2) is 47.1 Å². The number of carbonyl (C=O) groups is 2. The third-order valence-electron chi connectivity index (χ3n) is 3.90. The van der Waals surface area contributed by atoms with Crippen molar-refractivity contribution >= 4 is 11.9 Å². The molecule has 0 unspecified atom stereocenters. The monoisotopic (exact) mass is 343 g/mol. The second-order valence-corrected chi connectivity index (χ2v) is 6.24. The summed E-state index contributed by atoms with van der Waals surface area (Å²) in [5.41, 5.74) is 2.47. The Bertz CT molecular complexity index is 660. The van der Waals surface area contributed by atoms with Crippen molar-refractivity contribution in [1.82, 2.24) is 5.32 Å². The first kappa shape index (κ1) is 18.8. The van der Waals surface area contributed by atoms with Crippen molar-refractivity contribution in [3.63, 3.8) is 0 Å². The minimum absolute atomic E-state index is 0.197. The van der Waals surface area contributed by atoms with E-state index in [2.05, 4.69) is 43.4 Å². The Morgan fingerprint density at radius 3 is 2.52 bits per heavy atom. The molecule has 0 saturated heterocycles. The maximum atomic E-state index is 11.7. The molecule has 0 radical (unpaired) electrons. The fourth-order valence-electron chi connectivity index (χ4n) is 2.36. The summed E-state index contributed by atoms with van der Waals surface area (Å²) in [5, 5.41) is 2.76. The van der Waals surface area contributed by atoms with Gasteiger partial charge in [0, 0.05) is 13.0 Å². The van der Waals surface area contributed by atoms with E-state index in [0.717, 1.165) is 12.2 Å². The fraction of sp³-hybridized carbons (Fsp3) is 0.400. The van der Waals surface area contributed by atoms with Crippen LogP contribution in [0.2, 0.25) is 0 Å². The van der Waals surface area contributed by atoms with Crippen LogP contribution in [-0.4, -0.2) is 25.0 Å². The molecule has 0 spiro atoms. The zero-order chi connectivity index (χ0) is 18.1. The number of hydrogen-bond donors (Lipinski definition) is 1. The van der Waals surface area contributed by atoms with Crippen LogP contribution in [0.1, 0.15) is 43.1 Å². The standard InChI is InChI=1S/C20H25NO4/c1-15(2)17-7-5-16(6-8-17)11-12-21-19(22)14-25-20(23)10-9-18-4-3-13-24-18/h3-8,13,15H,9-12,14H2,1-2H3,(H,21,22). The average Bonchev–Trinajstić information content (AvgIpc) is 3.12. The average molecular weight is 343 g/mol. The number of hydrogen-bond acceptors (Lipinski definition) is 4. The van der Waals surface area contributed by atoms with Gasteiger partial charge in [-0.1, -0.05) is 38.1 Å². The van der Waals surface area contributed by atoms with Gasteiger partial charge in [0.1, 0.15) is 5.76 Å². The number of carbonyl (C=O) groups excluding carboxylic acids is 2. The molecule has 0 atom stereocenters. The van der Waals surface area contributed by atoms with E-state index in [-0.39, 0.29) is 18.9 Å². The van der Waals surface area contributed by atoms with Crippen molar-refractivity contribution in [2.45, 2.75) is 39.0 Å². The number of benzene rings is 1. The first-order valence-electron chi connectivity index (χ1n) is 8.58. The first-order chi connectivity index (χ1) is 12.0. The predicted molar refractivity (Wildman–Crippen MR) is 95.2 cm³/mol. The second-order valence-electron chi connectivity index (χ2n) is 6.24. The summed E-state index contributed by atoms with van der Waals surface area (Å²) >= 11 is 0. The van der Waals surface area contributed by atoms with Gasteiger partial charge >= 0.3 is 5.97 Å². The lowest BCUT2D eigenvalue weighted by Crippen LogP contribution is -2.30. The summed E-state index contributed by atoms with van der Waals surface area (Å²) < 4.78 is 10.1. The summed E-state index contributed by atoms with van der Waals surface area (Å²) in [7, 11) is 0. The molecule has 25 heavy (non-hydrogen) atoms. The quantitative estimate of drug-likeness (QED) is 0.710. The molecule has 0 aliphatic carbocycles. The lowest BCUT2D eigenvalue weighted by molar-refractivity contribution is -0.148. The van der Waals surface area contributed by atoms with E-state index in [0.29, 0.717) is 18.9 Å². The number of furan rings is 1. The SMILES string of the molecule is CC(C)c1ccc(CCNC(=O)COC(=O)CCc2ccco2)cc1. The highest BCUT2D eigenvalue weighted by atomic mass is 16.5. The highest BCUT2D eigenvalue weighted by Crippen LogP contribution is 2.14. The van der Waals surface area contributed by atoms with E-state index in [4.69, 9.17) is 9.15 Å². The Labute approximate surface area is 148 Å². The van der Waals surface area contributed by atoms with Gasteiger partial charge in [-0.25, -0.2) is 0 Å². The van der Waals surface area contributed by atoms with E-state index < -0.39 is 5.97 Å². The van der Waals surface area contributed by atoms with Gasteiger partial charge in [-0.2, -0.15) is 0 Å². The molecule has 1 N–H and O–H groups in total. The van der Waals surface area contributed by atoms with Gasteiger partial charge in [0.15, 0.2) is 6.61 Å². The van der Waals surface area contributed by atoms with Gasteiger partial charge in [0.2, 0.25) is 0 Å². The van der Waals surface area contributed by atoms with Gasteiger partial charge in [-0.3, -0.25) is 9.59 Å². The van der Waals surface area contributed by atoms with Crippen molar-refractivity contribution in [1.29, 1.82) is 0 Å². The molecule has 134 valence electrons. The van der Waals surface area contributed by atoms with Crippen LogP contribution in [-0.2, 0) is 27.2 Å². The molecule has 0 aliphatic heterocycles. The fourth-order valence-corrected chi connectivity index (χ4v) is 2.36. The maximum Gasteiger partial charge on any atom is 0.306 e. The zero-order valence-corrected chi connectivity index (χ0v) is 14.8. The van der Waals surface area contributed by atoms with E-state index in [9.17, 15) is 9.59 Å². The van der Waals surface area contributed by atoms with Crippen molar-refractivity contribution in [3.8, 4) is 0 Å². The molecule has 0 bridgehead atoms. The number of amides is 1. The highest BCUT2D eigenvalue weighted by molar-refractivity contribution is 5.80. The van der Waals surface area contributed by atoms with Crippen LogP contribution in [0.25, 0.3) is 0 Å². The Kier molecular flexibility index (Phi) is 7.26. The molecule has 1 heterocycles. The lowest BCUT2D eigenvalue weighted by Gasteiger charge is -2.08. The molecule has 1 aromatic carbocycles. The number of rotatable bonds is 9. The van der Waals surface area contributed by atoms with Gasteiger partial charge in [0.25, 0.3) is 5.91 Å². The minimum atomic E-state index is -0.407. The molecular weight excluding hydrogens is 318 g/mol. The van der Waals surface area contributed by atoms with E-state index in [1.165, 1.54) is 11.1 Å². The summed E-state index contributed by atoms with van der Waals surface area (Å²) in [6.45, 7) is 4.59. The maximum absolute atomic E-state index is 11.7. The molecule has 2 aromatic rings. The molecule has 1 aromatic heterocycles. The van der Waals surface area contributed by atoms with Crippen LogP contribution in [0.5, 0.6) is 0 Å². The third-order valence-corrected chi connectivity index (χ3v) is 3.90. The van der Waals surface area contributed by atoms with Crippen molar-refractivity contribution in [3.05, 3.63) is 59.5 Å². The largest absolute Gasteiger partial charge is 0.469 e. The third kappa shape index (κ3) is 6.83. The lowest BCUT2D eigenvalue weighted by atomic mass is 10.0. The number of nitrogens with one attached hydrogen (secondary N) is 1. The zero-order valence-electron chi connectivity index (χ0n) is 14.8. The molecule has 5 heteroatoms. The van der Waals surface area contributed by atoms with Crippen molar-refractivity contribution in [2.75, 3.05) is 13.2 Å². The normalized spacial score (nSPS) is 10.7. The summed E-state index contributed by atoms with van der Waals surface area (Å²) in [4.78, 5) is 23.3. The topological polar surface area (TPSA) is 68.5 Å². The van der Waals surface area contributed by atoms with E-state index >= 15 is 0 Å². The van der Waals surface area contributed by atoms with Gasteiger partial charge in [0.05, 0.1) is 12.7 Å². The number of aryl methyl sites for hydroxylation is 1. The van der Waals surface area contributed by atoms with Crippen LogP contribution in [0.4, 0.5) is 0 Å². The highest BCUT2D eigenvalue weighted by Gasteiger charge is 2.08. The van der Waals surface area contributed by atoms with Crippen LogP contribution in [0.3, 0.4) is 0 Å². The van der Waals surface area contributed by atoms with Crippen LogP contribution >= 0.6 is 0 Å². The molecule has 1 amide bonds. The number of ether oxygens (including phenoxy) is 1. The summed E-state index contributed by atoms with van der Waals surface area (Å²) in [5.74, 6) is 0.544. The van der Waals surface area contributed by atoms with E-state index in [1.807, 2.05) is 0 Å². The van der Waals surface area contributed by atoms with E-state index in [1.54, 1.807) is 18.4 Å². The van der Waals surface area contributed by atoms with Gasteiger partial charge in [-0.15, -0.1) is 0 Å². The van der Waals surface area contributed by atoms with Gasteiger partial charge in [-0.05, 0) is 35.6 Å². The van der Waals surface area contributed by atoms with Crippen molar-refractivity contribution < 1.29 is 18.7 Å². The van der Waals surface area contributed by atoms with Gasteiger partial charge < -0.3 is 14.5 Å². The second kappa shape index (κ2) is 9.67. The number of esters is 1. The summed E-state index contributed by atoms with van der Waals surface area (Å²) in [6, 6.07) is 12.0. The Balaban J connectivity index is 1.59. The first-order valence-corrected chi connectivity index (χ1v) is 8.58. The van der Waals surface area contributed by atoms with Crippen LogP contribution in [0, 0.1) is 0 Å². The Morgan fingerprint density at radius 1 is 1.12 bits per heavy atom. The molecular formula is C20H25NO4. The molecule has 0 saturated carbocycles. The Morgan fingerprint density at radius 2 is 1.88 bits per heavy atom. The van der Waals surface area contributed by atoms with Crippen LogP contribution < -0.4 is 5.32 Å². The molecule has 0 aliphatic rings. The smallest absolute Gasteiger partial charge is 0.306 e.